The Hall–Kier alpha value is -1.71. The van der Waals surface area contributed by atoms with Gasteiger partial charge in [-0.15, -0.1) is 12.4 Å². The number of ether oxygens (including phenoxy) is 2. The molecule has 0 heterocycles. The van der Waals surface area contributed by atoms with Gasteiger partial charge >= 0.3 is 0 Å². The SMILES string of the molecule is CN(C)CCOc1ccccc1OCc1ccccc1.Cl. The molecule has 2 aromatic rings. The van der Waals surface area contributed by atoms with Crippen LogP contribution in [-0.4, -0.2) is 32.1 Å². The van der Waals surface area contributed by atoms with E-state index < -0.39 is 0 Å². The third-order valence-corrected chi connectivity index (χ3v) is 2.88. The highest BCUT2D eigenvalue weighted by Crippen LogP contribution is 2.27. The molecular formula is C17H22ClNO2. The molecule has 2 rings (SSSR count). The molecule has 2 aromatic carbocycles. The lowest BCUT2D eigenvalue weighted by Crippen LogP contribution is -2.19. The molecule has 0 atom stereocenters. The van der Waals surface area contributed by atoms with E-state index in [4.69, 9.17) is 9.47 Å². The van der Waals surface area contributed by atoms with Crippen LogP contribution in [0, 0.1) is 0 Å². The summed E-state index contributed by atoms with van der Waals surface area (Å²) in [6, 6.07) is 17.9. The molecule has 0 N–H and O–H groups in total. The van der Waals surface area contributed by atoms with E-state index in [0.717, 1.165) is 23.6 Å². The first-order chi connectivity index (χ1) is 9.75. The number of rotatable bonds is 7. The largest absolute Gasteiger partial charge is 0.488 e. The highest BCUT2D eigenvalue weighted by Gasteiger charge is 2.04. The van der Waals surface area contributed by atoms with Gasteiger partial charge in [0.05, 0.1) is 0 Å². The summed E-state index contributed by atoms with van der Waals surface area (Å²) in [6.07, 6.45) is 0. The van der Waals surface area contributed by atoms with Gasteiger partial charge in [0, 0.05) is 6.54 Å². The molecule has 0 aliphatic carbocycles. The van der Waals surface area contributed by atoms with Crippen molar-refractivity contribution in [3.8, 4) is 11.5 Å². The summed E-state index contributed by atoms with van der Waals surface area (Å²) in [7, 11) is 4.06. The fourth-order valence-corrected chi connectivity index (χ4v) is 1.76. The molecule has 3 nitrogen and oxygen atoms in total. The van der Waals surface area contributed by atoms with E-state index in [1.165, 1.54) is 0 Å². The van der Waals surface area contributed by atoms with Gasteiger partial charge in [0.25, 0.3) is 0 Å². The maximum Gasteiger partial charge on any atom is 0.161 e. The molecular weight excluding hydrogens is 286 g/mol. The van der Waals surface area contributed by atoms with Crippen LogP contribution >= 0.6 is 12.4 Å². The Balaban J connectivity index is 0.00000220. The zero-order valence-corrected chi connectivity index (χ0v) is 13.3. The summed E-state index contributed by atoms with van der Waals surface area (Å²) in [5, 5.41) is 0. The Bertz CT molecular complexity index is 517. The third kappa shape index (κ3) is 6.06. The van der Waals surface area contributed by atoms with E-state index >= 15 is 0 Å². The second-order valence-electron chi connectivity index (χ2n) is 4.87. The van der Waals surface area contributed by atoms with E-state index in [-0.39, 0.29) is 12.4 Å². The van der Waals surface area contributed by atoms with Gasteiger partial charge in [-0.05, 0) is 31.8 Å². The molecule has 0 fully saturated rings. The van der Waals surface area contributed by atoms with Crippen LogP contribution in [-0.2, 0) is 6.61 Å². The normalized spacial score (nSPS) is 10.0. The molecule has 0 radical (unpaired) electrons. The maximum atomic E-state index is 5.84. The predicted molar refractivity (Wildman–Crippen MR) is 88.5 cm³/mol. The van der Waals surface area contributed by atoms with Crippen LogP contribution in [0.1, 0.15) is 5.56 Å². The lowest BCUT2D eigenvalue weighted by Gasteiger charge is -2.14. The minimum absolute atomic E-state index is 0. The molecule has 114 valence electrons. The Morgan fingerprint density at radius 2 is 1.38 bits per heavy atom. The number of hydrogen-bond donors (Lipinski definition) is 0. The first kappa shape index (κ1) is 17.3. The molecule has 0 bridgehead atoms. The standard InChI is InChI=1S/C17H21NO2.ClH/c1-18(2)12-13-19-16-10-6-7-11-17(16)20-14-15-8-4-3-5-9-15;/h3-11H,12-14H2,1-2H3;1H. The topological polar surface area (TPSA) is 21.7 Å². The maximum absolute atomic E-state index is 5.84. The van der Waals surface area contributed by atoms with Crippen molar-refractivity contribution in [1.29, 1.82) is 0 Å². The number of hydrogen-bond acceptors (Lipinski definition) is 3. The van der Waals surface area contributed by atoms with E-state index in [1.807, 2.05) is 56.6 Å². The molecule has 0 saturated carbocycles. The smallest absolute Gasteiger partial charge is 0.161 e. The van der Waals surface area contributed by atoms with Gasteiger partial charge in [0.1, 0.15) is 13.2 Å². The summed E-state index contributed by atoms with van der Waals surface area (Å²) in [5.74, 6) is 1.58. The number of benzene rings is 2. The van der Waals surface area contributed by atoms with Crippen LogP contribution in [0.2, 0.25) is 0 Å². The minimum atomic E-state index is 0. The second kappa shape index (κ2) is 9.27. The first-order valence-corrected chi connectivity index (χ1v) is 6.79. The van der Waals surface area contributed by atoms with Crippen molar-refractivity contribution in [2.24, 2.45) is 0 Å². The van der Waals surface area contributed by atoms with Crippen LogP contribution < -0.4 is 9.47 Å². The van der Waals surface area contributed by atoms with Crippen LogP contribution in [0.4, 0.5) is 0 Å². The highest BCUT2D eigenvalue weighted by molar-refractivity contribution is 5.85. The van der Waals surface area contributed by atoms with E-state index in [2.05, 4.69) is 17.0 Å². The highest BCUT2D eigenvalue weighted by atomic mass is 35.5. The fraction of sp³-hybridized carbons (Fsp3) is 0.294. The fourth-order valence-electron chi connectivity index (χ4n) is 1.76. The molecule has 0 aliphatic rings. The lowest BCUT2D eigenvalue weighted by atomic mass is 10.2. The van der Waals surface area contributed by atoms with E-state index in [9.17, 15) is 0 Å². The van der Waals surface area contributed by atoms with Crippen molar-refractivity contribution in [1.82, 2.24) is 4.90 Å². The molecule has 0 aliphatic heterocycles. The van der Waals surface area contributed by atoms with Gasteiger partial charge in [-0.2, -0.15) is 0 Å². The minimum Gasteiger partial charge on any atom is -0.488 e. The molecule has 0 unspecified atom stereocenters. The Kier molecular flexibility index (Phi) is 7.65. The molecule has 21 heavy (non-hydrogen) atoms. The van der Waals surface area contributed by atoms with Crippen LogP contribution in [0.3, 0.4) is 0 Å². The molecule has 0 amide bonds. The van der Waals surface area contributed by atoms with Gasteiger partial charge in [-0.1, -0.05) is 42.5 Å². The third-order valence-electron chi connectivity index (χ3n) is 2.88. The molecule has 4 heteroatoms. The quantitative estimate of drug-likeness (QED) is 0.779. The van der Waals surface area contributed by atoms with Crippen molar-refractivity contribution in [3.63, 3.8) is 0 Å². The summed E-state index contributed by atoms with van der Waals surface area (Å²) in [4.78, 5) is 2.09. The number of nitrogens with zero attached hydrogens (tertiary/aromatic N) is 1. The number of likely N-dealkylation sites (N-methyl/N-ethyl adjacent to an activating group) is 1. The van der Waals surface area contributed by atoms with E-state index in [0.29, 0.717) is 13.2 Å². The zero-order chi connectivity index (χ0) is 14.2. The molecule has 0 spiro atoms. The van der Waals surface area contributed by atoms with Gasteiger partial charge in [-0.3, -0.25) is 0 Å². The monoisotopic (exact) mass is 307 g/mol. The Morgan fingerprint density at radius 1 is 0.810 bits per heavy atom. The summed E-state index contributed by atoms with van der Waals surface area (Å²) in [5.41, 5.74) is 1.15. The van der Waals surface area contributed by atoms with Gasteiger partial charge < -0.3 is 14.4 Å². The Labute approximate surface area is 132 Å². The Morgan fingerprint density at radius 3 is 2.00 bits per heavy atom. The number of para-hydroxylation sites is 2. The average molecular weight is 308 g/mol. The van der Waals surface area contributed by atoms with Crippen LogP contribution in [0.25, 0.3) is 0 Å². The average Bonchev–Trinajstić information content (AvgIpc) is 2.47. The van der Waals surface area contributed by atoms with Crippen molar-refractivity contribution in [3.05, 3.63) is 60.2 Å². The zero-order valence-electron chi connectivity index (χ0n) is 12.5. The second-order valence-corrected chi connectivity index (χ2v) is 4.87. The van der Waals surface area contributed by atoms with Crippen molar-refractivity contribution in [2.75, 3.05) is 27.2 Å². The van der Waals surface area contributed by atoms with Crippen molar-refractivity contribution in [2.45, 2.75) is 6.61 Å². The van der Waals surface area contributed by atoms with Gasteiger partial charge in [-0.25, -0.2) is 0 Å². The summed E-state index contributed by atoms with van der Waals surface area (Å²) >= 11 is 0. The van der Waals surface area contributed by atoms with Crippen LogP contribution in [0.15, 0.2) is 54.6 Å². The summed E-state index contributed by atoms with van der Waals surface area (Å²) < 4.78 is 11.6. The summed E-state index contributed by atoms with van der Waals surface area (Å²) in [6.45, 7) is 2.08. The predicted octanol–water partition coefficient (Wildman–Crippen LogP) is 3.63. The van der Waals surface area contributed by atoms with Crippen molar-refractivity contribution < 1.29 is 9.47 Å². The van der Waals surface area contributed by atoms with Gasteiger partial charge in [0.15, 0.2) is 11.5 Å². The first-order valence-electron chi connectivity index (χ1n) is 6.79. The number of halogens is 1. The lowest BCUT2D eigenvalue weighted by molar-refractivity contribution is 0.237. The van der Waals surface area contributed by atoms with Crippen molar-refractivity contribution >= 4 is 12.4 Å². The molecule has 0 aromatic heterocycles. The molecule has 0 saturated heterocycles. The van der Waals surface area contributed by atoms with Crippen LogP contribution in [0.5, 0.6) is 11.5 Å². The van der Waals surface area contributed by atoms with Gasteiger partial charge in [0.2, 0.25) is 0 Å². The van der Waals surface area contributed by atoms with E-state index in [1.54, 1.807) is 0 Å².